The van der Waals surface area contributed by atoms with Crippen LogP contribution in [0, 0.1) is 5.82 Å². The van der Waals surface area contributed by atoms with Crippen molar-refractivity contribution < 1.29 is 23.8 Å². The molecule has 0 fully saturated rings. The lowest BCUT2D eigenvalue weighted by molar-refractivity contribution is 0.0932. The van der Waals surface area contributed by atoms with Crippen LogP contribution in [0.5, 0.6) is 11.5 Å². The predicted molar refractivity (Wildman–Crippen MR) is 126 cm³/mol. The maximum absolute atomic E-state index is 13.8. The van der Waals surface area contributed by atoms with Gasteiger partial charge in [0.05, 0.1) is 12.1 Å². The molecule has 0 aliphatic rings. The fourth-order valence-electron chi connectivity index (χ4n) is 3.45. The SMILES string of the molecule is COCCNC(=O)c1c(O)c2ncc(Cc3ccc(F)cc3OCCN(C)C)cc2n(C)c1=O. The Hall–Kier alpha value is -3.50. The quantitative estimate of drug-likeness (QED) is 0.433. The van der Waals surface area contributed by atoms with Crippen molar-refractivity contribution in [2.75, 3.05) is 47.5 Å². The first-order valence-electron chi connectivity index (χ1n) is 10.8. The van der Waals surface area contributed by atoms with E-state index in [1.165, 1.54) is 30.9 Å². The van der Waals surface area contributed by atoms with E-state index in [-0.39, 0.29) is 24.2 Å². The number of likely N-dealkylation sites (N-methyl/N-ethyl adjacent to an activating group) is 1. The molecular formula is C24H29FN4O5. The molecule has 1 amide bonds. The number of nitrogens with zero attached hydrogens (tertiary/aromatic N) is 3. The zero-order valence-electron chi connectivity index (χ0n) is 19.7. The number of pyridine rings is 2. The molecule has 0 unspecified atom stereocenters. The lowest BCUT2D eigenvalue weighted by Gasteiger charge is -2.15. The normalized spacial score (nSPS) is 11.2. The molecule has 0 spiro atoms. The van der Waals surface area contributed by atoms with E-state index < -0.39 is 23.0 Å². The smallest absolute Gasteiger partial charge is 0.267 e. The molecule has 0 atom stereocenters. The van der Waals surface area contributed by atoms with Crippen LogP contribution in [-0.2, 0) is 18.2 Å². The summed E-state index contributed by atoms with van der Waals surface area (Å²) in [5.41, 5.74) is 0.956. The number of halogens is 1. The van der Waals surface area contributed by atoms with Crippen LogP contribution < -0.4 is 15.6 Å². The third-order valence-electron chi connectivity index (χ3n) is 5.30. The van der Waals surface area contributed by atoms with Crippen molar-refractivity contribution in [2.45, 2.75) is 6.42 Å². The highest BCUT2D eigenvalue weighted by atomic mass is 19.1. The highest BCUT2D eigenvalue weighted by molar-refractivity contribution is 6.01. The number of fused-ring (bicyclic) bond motifs is 1. The summed E-state index contributed by atoms with van der Waals surface area (Å²) < 4.78 is 25.8. The molecule has 1 aromatic carbocycles. The second-order valence-corrected chi connectivity index (χ2v) is 8.13. The third kappa shape index (κ3) is 5.70. The van der Waals surface area contributed by atoms with Crippen molar-refractivity contribution in [3.05, 3.63) is 63.3 Å². The monoisotopic (exact) mass is 472 g/mol. The number of methoxy groups -OCH3 is 1. The molecule has 2 heterocycles. The van der Waals surface area contributed by atoms with Gasteiger partial charge in [-0.3, -0.25) is 14.6 Å². The number of carbonyl (C=O) groups excluding carboxylic acids is 1. The molecule has 0 aliphatic heterocycles. The van der Waals surface area contributed by atoms with Crippen molar-refractivity contribution in [3.8, 4) is 11.5 Å². The summed E-state index contributed by atoms with van der Waals surface area (Å²) >= 11 is 0. The first kappa shape index (κ1) is 25.1. The molecule has 34 heavy (non-hydrogen) atoms. The highest BCUT2D eigenvalue weighted by Gasteiger charge is 2.22. The molecule has 2 aromatic heterocycles. The van der Waals surface area contributed by atoms with E-state index in [4.69, 9.17) is 9.47 Å². The van der Waals surface area contributed by atoms with E-state index >= 15 is 0 Å². The Bertz CT molecular complexity index is 1240. The molecule has 0 saturated heterocycles. The van der Waals surface area contributed by atoms with Gasteiger partial charge in [0.15, 0.2) is 5.75 Å². The van der Waals surface area contributed by atoms with Crippen LogP contribution in [0.2, 0.25) is 0 Å². The van der Waals surface area contributed by atoms with Gasteiger partial charge >= 0.3 is 0 Å². The van der Waals surface area contributed by atoms with Gasteiger partial charge < -0.3 is 29.4 Å². The van der Waals surface area contributed by atoms with Crippen LogP contribution >= 0.6 is 0 Å². The Morgan fingerprint density at radius 2 is 2.03 bits per heavy atom. The molecular weight excluding hydrogens is 443 g/mol. The molecule has 2 N–H and O–H groups in total. The number of aromatic nitrogens is 2. The van der Waals surface area contributed by atoms with Crippen molar-refractivity contribution in [1.82, 2.24) is 19.8 Å². The lowest BCUT2D eigenvalue weighted by Crippen LogP contribution is -2.34. The highest BCUT2D eigenvalue weighted by Crippen LogP contribution is 2.27. The van der Waals surface area contributed by atoms with Gasteiger partial charge in [-0.15, -0.1) is 0 Å². The lowest BCUT2D eigenvalue weighted by atomic mass is 10.0. The summed E-state index contributed by atoms with van der Waals surface area (Å²) in [5.74, 6) is -1.14. The zero-order valence-corrected chi connectivity index (χ0v) is 19.7. The molecule has 0 bridgehead atoms. The minimum Gasteiger partial charge on any atom is -0.505 e. The minimum absolute atomic E-state index is 0.129. The minimum atomic E-state index is -0.700. The number of rotatable bonds is 10. The summed E-state index contributed by atoms with van der Waals surface area (Å²) in [6, 6.07) is 6.06. The largest absolute Gasteiger partial charge is 0.505 e. The molecule has 0 saturated carbocycles. The van der Waals surface area contributed by atoms with Crippen LogP contribution in [0.4, 0.5) is 4.39 Å². The van der Waals surface area contributed by atoms with Gasteiger partial charge in [-0.25, -0.2) is 4.39 Å². The van der Waals surface area contributed by atoms with E-state index in [2.05, 4.69) is 10.3 Å². The Morgan fingerprint density at radius 3 is 2.74 bits per heavy atom. The van der Waals surface area contributed by atoms with Gasteiger partial charge in [0.2, 0.25) is 0 Å². The van der Waals surface area contributed by atoms with Gasteiger partial charge in [-0.1, -0.05) is 6.07 Å². The Balaban J connectivity index is 1.93. The fraction of sp³-hybridized carbons (Fsp3) is 0.375. The molecule has 0 aliphatic carbocycles. The van der Waals surface area contributed by atoms with Crippen molar-refractivity contribution in [2.24, 2.45) is 7.05 Å². The van der Waals surface area contributed by atoms with E-state index in [0.717, 1.165) is 11.1 Å². The second kappa shape index (κ2) is 11.1. The average molecular weight is 473 g/mol. The van der Waals surface area contributed by atoms with Crippen LogP contribution in [0.15, 0.2) is 35.3 Å². The second-order valence-electron chi connectivity index (χ2n) is 8.13. The van der Waals surface area contributed by atoms with E-state index in [1.807, 2.05) is 19.0 Å². The summed E-state index contributed by atoms with van der Waals surface area (Å²) in [6.45, 7) is 1.54. The predicted octanol–water partition coefficient (Wildman–Crippen LogP) is 1.69. The number of ether oxygens (including phenoxy) is 2. The van der Waals surface area contributed by atoms with Crippen molar-refractivity contribution in [1.29, 1.82) is 0 Å². The van der Waals surface area contributed by atoms with E-state index in [0.29, 0.717) is 30.8 Å². The number of aryl methyl sites for hydroxylation is 1. The molecule has 3 aromatic rings. The number of hydrogen-bond donors (Lipinski definition) is 2. The number of carbonyl (C=O) groups is 1. The number of amides is 1. The van der Waals surface area contributed by atoms with Gasteiger partial charge in [0, 0.05) is 45.9 Å². The van der Waals surface area contributed by atoms with Gasteiger partial charge in [0.1, 0.15) is 29.3 Å². The molecule has 9 nitrogen and oxygen atoms in total. The number of aromatic hydroxyl groups is 1. The van der Waals surface area contributed by atoms with Crippen LogP contribution in [-0.4, -0.2) is 73.0 Å². The number of hydrogen-bond acceptors (Lipinski definition) is 7. The number of benzene rings is 1. The van der Waals surface area contributed by atoms with Crippen LogP contribution in [0.3, 0.4) is 0 Å². The van der Waals surface area contributed by atoms with Crippen molar-refractivity contribution in [3.63, 3.8) is 0 Å². The van der Waals surface area contributed by atoms with E-state index in [9.17, 15) is 19.1 Å². The van der Waals surface area contributed by atoms with Gasteiger partial charge in [-0.2, -0.15) is 0 Å². The average Bonchev–Trinajstić information content (AvgIpc) is 2.79. The number of nitrogens with one attached hydrogen (secondary N) is 1. The van der Waals surface area contributed by atoms with Gasteiger partial charge in [-0.05, 0) is 37.4 Å². The Labute approximate surface area is 196 Å². The molecule has 3 rings (SSSR count). The maximum Gasteiger partial charge on any atom is 0.267 e. The van der Waals surface area contributed by atoms with Gasteiger partial charge in [0.25, 0.3) is 11.5 Å². The van der Waals surface area contributed by atoms with E-state index in [1.54, 1.807) is 18.3 Å². The molecule has 182 valence electrons. The molecule has 10 heteroatoms. The first-order chi connectivity index (χ1) is 16.2. The summed E-state index contributed by atoms with van der Waals surface area (Å²) in [7, 11) is 6.84. The standard InChI is InChI=1S/C24H29FN4O5/c1-28(2)8-10-34-19-13-17(25)6-5-16(19)11-15-12-18-21(27-14-15)22(30)20(24(32)29(18)3)23(31)26-7-9-33-4/h5-6,12-14,30H,7-11H2,1-4H3,(H,26,31). The first-order valence-corrected chi connectivity index (χ1v) is 10.8. The topological polar surface area (TPSA) is 106 Å². The fourth-order valence-corrected chi connectivity index (χ4v) is 3.45. The van der Waals surface area contributed by atoms with Crippen LogP contribution in [0.1, 0.15) is 21.5 Å². The molecule has 0 radical (unpaired) electrons. The third-order valence-corrected chi connectivity index (χ3v) is 5.30. The summed E-state index contributed by atoms with van der Waals surface area (Å²) in [6.07, 6.45) is 1.92. The van der Waals surface area contributed by atoms with Crippen LogP contribution in [0.25, 0.3) is 11.0 Å². The Morgan fingerprint density at radius 1 is 1.26 bits per heavy atom. The Kier molecular flexibility index (Phi) is 8.19. The zero-order chi connectivity index (χ0) is 24.8. The summed E-state index contributed by atoms with van der Waals surface area (Å²) in [4.78, 5) is 31.6. The maximum atomic E-state index is 13.8. The summed E-state index contributed by atoms with van der Waals surface area (Å²) in [5, 5.41) is 13.2. The van der Waals surface area contributed by atoms with Crippen molar-refractivity contribution >= 4 is 16.9 Å².